The van der Waals surface area contributed by atoms with E-state index in [-0.39, 0.29) is 17.3 Å². The lowest BCUT2D eigenvalue weighted by Gasteiger charge is -2.21. The van der Waals surface area contributed by atoms with Crippen LogP contribution in [0.4, 0.5) is 0 Å². The van der Waals surface area contributed by atoms with Gasteiger partial charge in [-0.3, -0.25) is 4.79 Å². The van der Waals surface area contributed by atoms with Crippen molar-refractivity contribution < 1.29 is 9.53 Å². The second kappa shape index (κ2) is 4.08. The smallest absolute Gasteiger partial charge is 0.315 e. The molecule has 2 aromatic heterocycles. The summed E-state index contributed by atoms with van der Waals surface area (Å²) in [6, 6.07) is 4.03. The third kappa shape index (κ3) is 2.35. The van der Waals surface area contributed by atoms with E-state index in [1.54, 1.807) is 0 Å². The first-order valence-electron chi connectivity index (χ1n) is 6.65. The molecule has 1 fully saturated rings. The second-order valence-corrected chi connectivity index (χ2v) is 6.20. The van der Waals surface area contributed by atoms with Crippen LogP contribution >= 0.6 is 0 Å². The lowest BCUT2D eigenvalue weighted by Crippen LogP contribution is -2.18. The number of nitrogens with zero attached hydrogens (tertiary/aromatic N) is 1. The Morgan fingerprint density at radius 2 is 2.16 bits per heavy atom. The van der Waals surface area contributed by atoms with Crippen LogP contribution in [0, 0.1) is 5.92 Å². The number of ether oxygens (including phenoxy) is 1. The van der Waals surface area contributed by atoms with E-state index in [0.29, 0.717) is 5.88 Å². The summed E-state index contributed by atoms with van der Waals surface area (Å²) in [5, 5.41) is 1.04. The van der Waals surface area contributed by atoms with E-state index in [9.17, 15) is 4.79 Å². The Kier molecular flexibility index (Phi) is 2.62. The number of hydrogen-bond donors (Lipinski definition) is 1. The third-order valence-electron chi connectivity index (χ3n) is 3.42. The van der Waals surface area contributed by atoms with Crippen molar-refractivity contribution in [2.24, 2.45) is 5.92 Å². The molecule has 0 saturated heterocycles. The molecule has 1 aliphatic rings. The van der Waals surface area contributed by atoms with Gasteiger partial charge in [-0.15, -0.1) is 0 Å². The summed E-state index contributed by atoms with van der Waals surface area (Å²) in [6.07, 6.45) is 3.72. The minimum atomic E-state index is -0.149. The van der Waals surface area contributed by atoms with E-state index in [1.807, 2.05) is 18.3 Å². The molecule has 3 rings (SSSR count). The molecule has 0 radical (unpaired) electrons. The molecule has 1 N–H and O–H groups in total. The highest BCUT2D eigenvalue weighted by molar-refractivity contribution is 5.81. The van der Waals surface area contributed by atoms with Gasteiger partial charge in [-0.1, -0.05) is 20.8 Å². The SMILES string of the molecule is CC(C)(C)c1cc2cc[nH]c2nc1OC(=O)C1CC1. The number of esters is 1. The summed E-state index contributed by atoms with van der Waals surface area (Å²) in [7, 11) is 0. The molecule has 0 atom stereocenters. The molecule has 0 spiro atoms. The zero-order valence-electron chi connectivity index (χ0n) is 11.5. The summed E-state index contributed by atoms with van der Waals surface area (Å²) in [5.74, 6) is 0.372. The maximum atomic E-state index is 11.9. The fourth-order valence-electron chi connectivity index (χ4n) is 2.08. The van der Waals surface area contributed by atoms with E-state index < -0.39 is 0 Å². The molecule has 2 aromatic rings. The van der Waals surface area contributed by atoms with Gasteiger partial charge in [0.25, 0.3) is 0 Å². The number of aromatic nitrogens is 2. The Labute approximate surface area is 112 Å². The van der Waals surface area contributed by atoms with Gasteiger partial charge in [-0.25, -0.2) is 0 Å². The van der Waals surface area contributed by atoms with Crippen LogP contribution in [0.5, 0.6) is 5.88 Å². The van der Waals surface area contributed by atoms with Crippen molar-refractivity contribution >= 4 is 17.0 Å². The average molecular weight is 258 g/mol. The van der Waals surface area contributed by atoms with Crippen LogP contribution in [-0.4, -0.2) is 15.9 Å². The summed E-state index contributed by atoms with van der Waals surface area (Å²) in [5.41, 5.74) is 1.61. The second-order valence-electron chi connectivity index (χ2n) is 6.20. The summed E-state index contributed by atoms with van der Waals surface area (Å²) >= 11 is 0. The number of rotatable bonds is 2. The molecule has 0 unspecified atom stereocenters. The number of pyridine rings is 1. The first-order valence-corrected chi connectivity index (χ1v) is 6.65. The number of hydrogen-bond acceptors (Lipinski definition) is 3. The highest BCUT2D eigenvalue weighted by atomic mass is 16.5. The number of carbonyl (C=O) groups excluding carboxylic acids is 1. The molecule has 1 aliphatic carbocycles. The molecular weight excluding hydrogens is 240 g/mol. The summed E-state index contributed by atoms with van der Waals surface area (Å²) in [6.45, 7) is 6.28. The highest BCUT2D eigenvalue weighted by Gasteiger charge is 2.33. The van der Waals surface area contributed by atoms with Crippen LogP contribution in [-0.2, 0) is 10.2 Å². The maximum Gasteiger partial charge on any atom is 0.315 e. The predicted octanol–water partition coefficient (Wildman–Crippen LogP) is 3.18. The average Bonchev–Trinajstić information content (AvgIpc) is 3.07. The van der Waals surface area contributed by atoms with E-state index in [0.717, 1.165) is 29.4 Å². The summed E-state index contributed by atoms with van der Waals surface area (Å²) in [4.78, 5) is 19.4. The molecule has 4 heteroatoms. The molecule has 4 nitrogen and oxygen atoms in total. The first kappa shape index (κ1) is 12.2. The standard InChI is InChI=1S/C15H18N2O2/c1-15(2,3)11-8-10-6-7-16-12(10)17-13(11)19-14(18)9-4-5-9/h6-9H,4-5H2,1-3H3,(H,16,17). The largest absolute Gasteiger partial charge is 0.407 e. The van der Waals surface area contributed by atoms with E-state index in [4.69, 9.17) is 4.74 Å². The van der Waals surface area contributed by atoms with Crippen LogP contribution in [0.1, 0.15) is 39.2 Å². The lowest BCUT2D eigenvalue weighted by atomic mass is 9.87. The van der Waals surface area contributed by atoms with Crippen molar-refractivity contribution in [3.63, 3.8) is 0 Å². The molecule has 0 aliphatic heterocycles. The molecular formula is C15H18N2O2. The van der Waals surface area contributed by atoms with Gasteiger partial charge in [-0.05, 0) is 30.4 Å². The lowest BCUT2D eigenvalue weighted by molar-refractivity contribution is -0.136. The topological polar surface area (TPSA) is 55.0 Å². The molecule has 1 saturated carbocycles. The van der Waals surface area contributed by atoms with Gasteiger partial charge in [0.15, 0.2) is 0 Å². The van der Waals surface area contributed by atoms with Crippen LogP contribution in [0.25, 0.3) is 11.0 Å². The van der Waals surface area contributed by atoms with Crippen molar-refractivity contribution in [3.8, 4) is 5.88 Å². The van der Waals surface area contributed by atoms with Crippen LogP contribution in [0.3, 0.4) is 0 Å². The molecule has 100 valence electrons. The Morgan fingerprint density at radius 3 is 2.79 bits per heavy atom. The molecule has 0 bridgehead atoms. The van der Waals surface area contributed by atoms with Gasteiger partial charge in [0.05, 0.1) is 5.92 Å². The highest BCUT2D eigenvalue weighted by Crippen LogP contribution is 2.35. The predicted molar refractivity (Wildman–Crippen MR) is 73.2 cm³/mol. The normalized spacial score (nSPS) is 15.7. The molecule has 0 aromatic carbocycles. The maximum absolute atomic E-state index is 11.9. The molecule has 19 heavy (non-hydrogen) atoms. The van der Waals surface area contributed by atoms with Crippen LogP contribution in [0.2, 0.25) is 0 Å². The Bertz CT molecular complexity index is 633. The minimum Gasteiger partial charge on any atom is -0.407 e. The van der Waals surface area contributed by atoms with Crippen molar-refractivity contribution in [2.45, 2.75) is 39.0 Å². The Morgan fingerprint density at radius 1 is 1.42 bits per heavy atom. The fraction of sp³-hybridized carbons (Fsp3) is 0.467. The Hall–Kier alpha value is -1.84. The van der Waals surface area contributed by atoms with Crippen molar-refractivity contribution in [1.82, 2.24) is 9.97 Å². The molecule has 0 amide bonds. The van der Waals surface area contributed by atoms with Gasteiger partial charge < -0.3 is 9.72 Å². The fourth-order valence-corrected chi connectivity index (χ4v) is 2.08. The van der Waals surface area contributed by atoms with Crippen molar-refractivity contribution in [2.75, 3.05) is 0 Å². The van der Waals surface area contributed by atoms with Gasteiger partial charge in [0.1, 0.15) is 5.65 Å². The van der Waals surface area contributed by atoms with E-state index >= 15 is 0 Å². The number of aromatic amines is 1. The Balaban J connectivity index is 2.05. The van der Waals surface area contributed by atoms with E-state index in [2.05, 4.69) is 30.7 Å². The zero-order valence-corrected chi connectivity index (χ0v) is 11.5. The van der Waals surface area contributed by atoms with Gasteiger partial charge in [0, 0.05) is 17.1 Å². The number of carbonyl (C=O) groups is 1. The van der Waals surface area contributed by atoms with Crippen LogP contribution < -0.4 is 4.74 Å². The number of H-pyrrole nitrogens is 1. The van der Waals surface area contributed by atoms with Crippen molar-refractivity contribution in [1.29, 1.82) is 0 Å². The quantitative estimate of drug-likeness (QED) is 0.842. The molecule has 2 heterocycles. The minimum absolute atomic E-state index is 0.0777. The third-order valence-corrected chi connectivity index (χ3v) is 3.42. The number of fused-ring (bicyclic) bond motifs is 1. The van der Waals surface area contributed by atoms with E-state index in [1.165, 1.54) is 0 Å². The summed E-state index contributed by atoms with van der Waals surface area (Å²) < 4.78 is 5.50. The first-order chi connectivity index (χ1) is 8.95. The van der Waals surface area contributed by atoms with Crippen molar-refractivity contribution in [3.05, 3.63) is 23.9 Å². The van der Waals surface area contributed by atoms with Gasteiger partial charge in [-0.2, -0.15) is 4.98 Å². The van der Waals surface area contributed by atoms with Crippen LogP contribution in [0.15, 0.2) is 18.3 Å². The number of nitrogens with one attached hydrogen (secondary N) is 1. The van der Waals surface area contributed by atoms with Gasteiger partial charge in [0.2, 0.25) is 5.88 Å². The zero-order chi connectivity index (χ0) is 13.6. The monoisotopic (exact) mass is 258 g/mol. The van der Waals surface area contributed by atoms with Gasteiger partial charge >= 0.3 is 5.97 Å².